The third-order valence-corrected chi connectivity index (χ3v) is 6.58. The molecule has 3 rings (SSSR count). The summed E-state index contributed by atoms with van der Waals surface area (Å²) in [5, 5.41) is 27.2. The van der Waals surface area contributed by atoms with Gasteiger partial charge in [0, 0.05) is 24.7 Å². The van der Waals surface area contributed by atoms with Gasteiger partial charge < -0.3 is 36.9 Å². The molecule has 4 atom stereocenters. The van der Waals surface area contributed by atoms with Gasteiger partial charge in [-0.15, -0.1) is 0 Å². The first-order valence-electron chi connectivity index (χ1n) is 13.7. The minimum atomic E-state index is -1.30. The summed E-state index contributed by atoms with van der Waals surface area (Å²) in [5.41, 5.74) is 8.13. The summed E-state index contributed by atoms with van der Waals surface area (Å²) >= 11 is 0. The number of phenolic OH excluding ortho intramolecular Hbond substituents is 1. The van der Waals surface area contributed by atoms with Crippen LogP contribution in [0.15, 0.2) is 67.1 Å². The number of aromatic nitrogens is 2. The summed E-state index contributed by atoms with van der Waals surface area (Å²) in [6.07, 6.45) is 3.44. The van der Waals surface area contributed by atoms with Crippen LogP contribution in [0.3, 0.4) is 0 Å². The van der Waals surface area contributed by atoms with E-state index in [9.17, 15) is 29.4 Å². The van der Waals surface area contributed by atoms with Gasteiger partial charge in [-0.2, -0.15) is 0 Å². The molecule has 0 bridgehead atoms. The molecule has 3 aromatic rings. The lowest BCUT2D eigenvalue weighted by molar-refractivity contribution is -0.142. The molecule has 1 heterocycles. The minimum Gasteiger partial charge on any atom is -0.508 e. The molecule has 0 aliphatic rings. The minimum absolute atomic E-state index is 0.00100. The maximum Gasteiger partial charge on any atom is 0.326 e. The number of carboxylic acids is 1. The van der Waals surface area contributed by atoms with Crippen LogP contribution >= 0.6 is 0 Å². The Morgan fingerprint density at radius 3 is 2.00 bits per heavy atom. The van der Waals surface area contributed by atoms with Crippen LogP contribution in [0, 0.1) is 5.92 Å². The molecule has 0 saturated heterocycles. The number of rotatable bonds is 15. The number of phenols is 1. The second-order valence-corrected chi connectivity index (χ2v) is 10.6. The number of H-pyrrole nitrogens is 1. The van der Waals surface area contributed by atoms with Gasteiger partial charge in [0.25, 0.3) is 0 Å². The van der Waals surface area contributed by atoms with Crippen LogP contribution in [-0.2, 0) is 38.4 Å². The largest absolute Gasteiger partial charge is 0.508 e. The highest BCUT2D eigenvalue weighted by atomic mass is 16.4. The Hall–Kier alpha value is -4.71. The fourth-order valence-corrected chi connectivity index (χ4v) is 4.38. The van der Waals surface area contributed by atoms with Crippen molar-refractivity contribution in [1.29, 1.82) is 0 Å². The van der Waals surface area contributed by atoms with Crippen molar-refractivity contribution in [2.45, 2.75) is 63.7 Å². The lowest BCUT2D eigenvalue weighted by Gasteiger charge is -2.26. The van der Waals surface area contributed by atoms with E-state index >= 15 is 0 Å². The molecule has 4 unspecified atom stereocenters. The van der Waals surface area contributed by atoms with E-state index in [2.05, 4.69) is 25.9 Å². The summed E-state index contributed by atoms with van der Waals surface area (Å²) in [6.45, 7) is 3.79. The van der Waals surface area contributed by atoms with Gasteiger partial charge in [-0.1, -0.05) is 56.3 Å². The number of carbonyl (C=O) groups excluding carboxylic acids is 3. The Bertz CT molecular complexity index is 1310. The van der Waals surface area contributed by atoms with Gasteiger partial charge in [-0.3, -0.25) is 14.4 Å². The van der Waals surface area contributed by atoms with Crippen molar-refractivity contribution >= 4 is 23.7 Å². The summed E-state index contributed by atoms with van der Waals surface area (Å²) in [5.74, 6) is -3.04. The third kappa shape index (κ3) is 10.0. The fraction of sp³-hybridized carbons (Fsp3) is 0.367. The van der Waals surface area contributed by atoms with Crippen LogP contribution in [0.2, 0.25) is 0 Å². The van der Waals surface area contributed by atoms with E-state index in [1.807, 2.05) is 44.2 Å². The van der Waals surface area contributed by atoms with Crippen LogP contribution in [0.25, 0.3) is 0 Å². The lowest BCUT2D eigenvalue weighted by atomic mass is 10.0. The van der Waals surface area contributed by atoms with Gasteiger partial charge in [0.1, 0.15) is 23.9 Å². The predicted octanol–water partition coefficient (Wildman–Crippen LogP) is 1.06. The molecule has 12 nitrogen and oxygen atoms in total. The quantitative estimate of drug-likeness (QED) is 0.139. The number of nitrogens with one attached hydrogen (secondary N) is 4. The number of aliphatic carboxylic acids is 1. The van der Waals surface area contributed by atoms with E-state index < -0.39 is 47.9 Å². The average Bonchev–Trinajstić information content (AvgIpc) is 3.46. The summed E-state index contributed by atoms with van der Waals surface area (Å²) < 4.78 is 0. The molecule has 224 valence electrons. The number of imidazole rings is 1. The summed E-state index contributed by atoms with van der Waals surface area (Å²) in [7, 11) is 0. The smallest absolute Gasteiger partial charge is 0.326 e. The van der Waals surface area contributed by atoms with Crippen molar-refractivity contribution in [3.05, 3.63) is 83.9 Å². The van der Waals surface area contributed by atoms with Crippen LogP contribution in [0.4, 0.5) is 0 Å². The van der Waals surface area contributed by atoms with Gasteiger partial charge in [-0.05, 0) is 42.0 Å². The molecule has 0 aliphatic carbocycles. The number of nitrogens with two attached hydrogens (primary N) is 1. The van der Waals surface area contributed by atoms with Gasteiger partial charge in [0.2, 0.25) is 17.7 Å². The molecule has 12 heteroatoms. The van der Waals surface area contributed by atoms with Crippen LogP contribution in [0.5, 0.6) is 5.75 Å². The molecule has 0 fully saturated rings. The number of amides is 3. The molecule has 8 N–H and O–H groups in total. The second kappa shape index (κ2) is 15.3. The second-order valence-electron chi connectivity index (χ2n) is 10.6. The predicted molar refractivity (Wildman–Crippen MR) is 155 cm³/mol. The van der Waals surface area contributed by atoms with E-state index in [4.69, 9.17) is 5.73 Å². The van der Waals surface area contributed by atoms with Gasteiger partial charge >= 0.3 is 5.97 Å². The van der Waals surface area contributed by atoms with Crippen LogP contribution in [-0.4, -0.2) is 68.0 Å². The molecule has 0 saturated carbocycles. The van der Waals surface area contributed by atoms with Crippen LogP contribution < -0.4 is 21.7 Å². The Labute approximate surface area is 244 Å². The standard InChI is InChI=1S/C30H38N6O6/c1-18(2)12-24(34-27(38)23(31)13-19-6-4-3-5-7-19)28(39)35-25(15-21-16-32-17-33-21)29(40)36-26(30(41)42)14-20-8-10-22(37)11-9-20/h3-11,16-18,23-26,37H,12-15,31H2,1-2H3,(H,32,33)(H,34,38)(H,35,39)(H,36,40)(H,41,42). The van der Waals surface area contributed by atoms with E-state index in [1.165, 1.54) is 24.7 Å². The van der Waals surface area contributed by atoms with E-state index in [0.29, 0.717) is 11.3 Å². The fourth-order valence-electron chi connectivity index (χ4n) is 4.38. The normalized spacial score (nSPS) is 13.9. The van der Waals surface area contributed by atoms with E-state index in [0.717, 1.165) is 5.56 Å². The molecule has 3 amide bonds. The molecular formula is C30H38N6O6. The number of carboxylic acid groups (broad SMARTS) is 1. The van der Waals surface area contributed by atoms with Gasteiger partial charge in [0.05, 0.1) is 12.4 Å². The summed E-state index contributed by atoms with van der Waals surface area (Å²) in [4.78, 5) is 58.6. The van der Waals surface area contributed by atoms with Crippen molar-refractivity contribution < 1.29 is 29.4 Å². The Balaban J connectivity index is 1.74. The molecule has 0 radical (unpaired) electrons. The van der Waals surface area contributed by atoms with Crippen molar-refractivity contribution in [3.63, 3.8) is 0 Å². The number of hydrogen-bond acceptors (Lipinski definition) is 7. The van der Waals surface area contributed by atoms with Gasteiger partial charge in [-0.25, -0.2) is 9.78 Å². The van der Waals surface area contributed by atoms with Crippen molar-refractivity contribution in [1.82, 2.24) is 25.9 Å². The molecular weight excluding hydrogens is 540 g/mol. The number of nitrogens with zero attached hydrogens (tertiary/aromatic N) is 1. The van der Waals surface area contributed by atoms with Crippen LogP contribution in [0.1, 0.15) is 37.1 Å². The zero-order valence-electron chi connectivity index (χ0n) is 23.6. The number of aromatic amines is 1. The highest BCUT2D eigenvalue weighted by molar-refractivity contribution is 5.94. The van der Waals surface area contributed by atoms with Crippen molar-refractivity contribution in [2.75, 3.05) is 0 Å². The Kier molecular flexibility index (Phi) is 11.6. The molecule has 42 heavy (non-hydrogen) atoms. The monoisotopic (exact) mass is 578 g/mol. The van der Waals surface area contributed by atoms with E-state index in [1.54, 1.807) is 12.1 Å². The molecule has 1 aromatic heterocycles. The topological polar surface area (TPSA) is 200 Å². The summed E-state index contributed by atoms with van der Waals surface area (Å²) in [6, 6.07) is 10.9. The lowest BCUT2D eigenvalue weighted by Crippen LogP contribution is -2.58. The maximum absolute atomic E-state index is 13.5. The zero-order valence-corrected chi connectivity index (χ0v) is 23.6. The first-order valence-corrected chi connectivity index (χ1v) is 13.7. The number of aromatic hydroxyl groups is 1. The Morgan fingerprint density at radius 2 is 1.40 bits per heavy atom. The highest BCUT2D eigenvalue weighted by Crippen LogP contribution is 2.12. The van der Waals surface area contributed by atoms with Crippen molar-refractivity contribution in [3.8, 4) is 5.75 Å². The van der Waals surface area contributed by atoms with Gasteiger partial charge in [0.15, 0.2) is 0 Å². The number of benzene rings is 2. The molecule has 2 aromatic carbocycles. The van der Waals surface area contributed by atoms with Crippen molar-refractivity contribution in [2.24, 2.45) is 11.7 Å². The zero-order chi connectivity index (χ0) is 30.6. The SMILES string of the molecule is CC(C)CC(NC(=O)C(N)Cc1ccccc1)C(=O)NC(Cc1cnc[nH]1)C(=O)NC(Cc1ccc(O)cc1)C(=O)O. The third-order valence-electron chi connectivity index (χ3n) is 6.58. The first kappa shape index (κ1) is 31.8. The maximum atomic E-state index is 13.5. The average molecular weight is 579 g/mol. The molecule has 0 spiro atoms. The number of hydrogen-bond donors (Lipinski definition) is 7. The first-order chi connectivity index (χ1) is 20.0. The van der Waals surface area contributed by atoms with E-state index in [-0.39, 0.29) is 37.4 Å². The molecule has 0 aliphatic heterocycles. The Morgan fingerprint density at radius 1 is 0.810 bits per heavy atom. The number of carbonyl (C=O) groups is 4. The highest BCUT2D eigenvalue weighted by Gasteiger charge is 2.31.